The van der Waals surface area contributed by atoms with Gasteiger partial charge in [0.05, 0.1) is 26.4 Å². The first-order valence-corrected chi connectivity index (χ1v) is 41.6. The van der Waals surface area contributed by atoms with Crippen LogP contribution in [0.3, 0.4) is 0 Å². The van der Waals surface area contributed by atoms with E-state index in [1.54, 1.807) is 0 Å². The monoisotopic (exact) mass is 1370 g/mol. The van der Waals surface area contributed by atoms with Gasteiger partial charge < -0.3 is 33.8 Å². The molecule has 0 aromatic rings. The number of aliphatic hydroxyl groups excluding tert-OH is 1. The summed E-state index contributed by atoms with van der Waals surface area (Å²) in [6, 6.07) is 0. The number of unbranched alkanes of at least 4 members (excludes halogenated alkanes) is 46. The van der Waals surface area contributed by atoms with Crippen LogP contribution >= 0.6 is 15.6 Å². The maximum absolute atomic E-state index is 13.1. The second-order valence-corrected chi connectivity index (χ2v) is 30.1. The topological polar surface area (TPSA) is 237 Å². The standard InChI is InChI=1S/C74H144O17P2/c1-6-9-12-15-18-21-23-24-25-26-27-28-29-30-31-34-40-45-50-55-60-74(79)91-70(64-85-72(77)58-53-48-43-39-35-32-33-37-41-46-51-56-67(4)5)66-89-93(82,83)87-62-68(75)61-86-92(80,81)88-65-69(63-84-71(76)57-52-47-42-36-20-17-14-11-8-3)90-73(78)59-54-49-44-38-22-19-16-13-10-7-2/h67-70,75H,6-66H2,1-5H3,(H,80,81)(H,82,83)/t68-,69+,70+/m0/s1. The number of carbonyl (C=O) groups is 4. The molecule has 0 fully saturated rings. The van der Waals surface area contributed by atoms with E-state index in [0.29, 0.717) is 25.7 Å². The highest BCUT2D eigenvalue weighted by atomic mass is 31.2. The number of aliphatic hydroxyl groups is 1. The maximum Gasteiger partial charge on any atom is 0.472 e. The molecule has 0 aliphatic rings. The molecule has 0 spiro atoms. The molecule has 0 bridgehead atoms. The van der Waals surface area contributed by atoms with Gasteiger partial charge in [-0.3, -0.25) is 37.3 Å². The molecule has 3 N–H and O–H groups in total. The van der Waals surface area contributed by atoms with Gasteiger partial charge in [0.15, 0.2) is 12.2 Å². The van der Waals surface area contributed by atoms with Gasteiger partial charge in [-0.2, -0.15) is 0 Å². The van der Waals surface area contributed by atoms with Crippen molar-refractivity contribution < 1.29 is 80.2 Å². The molecule has 0 amide bonds. The lowest BCUT2D eigenvalue weighted by Gasteiger charge is -2.21. The zero-order chi connectivity index (χ0) is 68.4. The summed E-state index contributed by atoms with van der Waals surface area (Å²) in [5.74, 6) is -1.35. The first kappa shape index (κ1) is 91.1. The Morgan fingerprint density at radius 3 is 0.731 bits per heavy atom. The van der Waals surface area contributed by atoms with Crippen LogP contribution in [0, 0.1) is 5.92 Å². The van der Waals surface area contributed by atoms with Crippen molar-refractivity contribution in [3.8, 4) is 0 Å². The molecular weight excluding hydrogens is 1220 g/mol. The van der Waals surface area contributed by atoms with Crippen LogP contribution in [-0.4, -0.2) is 96.7 Å². The summed E-state index contributed by atoms with van der Waals surface area (Å²) in [7, 11) is -9.90. The maximum atomic E-state index is 13.1. The van der Waals surface area contributed by atoms with E-state index < -0.39 is 97.5 Å². The molecule has 0 rings (SSSR count). The van der Waals surface area contributed by atoms with E-state index in [-0.39, 0.29) is 25.7 Å². The molecule has 0 saturated carbocycles. The van der Waals surface area contributed by atoms with Crippen LogP contribution in [0.1, 0.15) is 388 Å². The van der Waals surface area contributed by atoms with E-state index in [1.165, 1.54) is 212 Å². The van der Waals surface area contributed by atoms with Gasteiger partial charge in [-0.25, -0.2) is 9.13 Å². The average molecular weight is 1370 g/mol. The number of ether oxygens (including phenoxy) is 4. The lowest BCUT2D eigenvalue weighted by molar-refractivity contribution is -0.161. The summed E-state index contributed by atoms with van der Waals surface area (Å²) in [4.78, 5) is 72.6. The summed E-state index contributed by atoms with van der Waals surface area (Å²) in [5.41, 5.74) is 0. The molecule has 93 heavy (non-hydrogen) atoms. The summed E-state index contributed by atoms with van der Waals surface area (Å²) in [5, 5.41) is 10.6. The number of hydrogen-bond donors (Lipinski definition) is 3. The Labute approximate surface area is 568 Å². The zero-order valence-corrected chi connectivity index (χ0v) is 62.2. The summed E-state index contributed by atoms with van der Waals surface area (Å²) in [6.07, 6.45) is 55.5. The predicted molar refractivity (Wildman–Crippen MR) is 377 cm³/mol. The Kier molecular flexibility index (Phi) is 65.9. The van der Waals surface area contributed by atoms with Crippen LogP contribution in [0.4, 0.5) is 0 Å². The Hall–Kier alpha value is -1.94. The highest BCUT2D eigenvalue weighted by molar-refractivity contribution is 7.47. The lowest BCUT2D eigenvalue weighted by atomic mass is 10.0. The van der Waals surface area contributed by atoms with Gasteiger partial charge in [0.1, 0.15) is 19.3 Å². The normalized spacial score (nSPS) is 14.0. The molecule has 0 heterocycles. The van der Waals surface area contributed by atoms with Crippen molar-refractivity contribution in [2.75, 3.05) is 39.6 Å². The minimum atomic E-state index is -4.95. The van der Waals surface area contributed by atoms with Crippen molar-refractivity contribution in [1.29, 1.82) is 0 Å². The van der Waals surface area contributed by atoms with Crippen LogP contribution in [-0.2, 0) is 65.4 Å². The van der Waals surface area contributed by atoms with Gasteiger partial charge in [0.25, 0.3) is 0 Å². The van der Waals surface area contributed by atoms with Gasteiger partial charge in [0.2, 0.25) is 0 Å². The minimum Gasteiger partial charge on any atom is -0.462 e. The first-order valence-electron chi connectivity index (χ1n) is 38.6. The Bertz CT molecular complexity index is 1790. The molecule has 552 valence electrons. The van der Waals surface area contributed by atoms with Crippen molar-refractivity contribution >= 4 is 39.5 Å². The van der Waals surface area contributed by atoms with Crippen molar-refractivity contribution in [2.24, 2.45) is 5.92 Å². The largest absolute Gasteiger partial charge is 0.472 e. The molecule has 17 nitrogen and oxygen atoms in total. The number of carbonyl (C=O) groups excluding carboxylic acids is 4. The van der Waals surface area contributed by atoms with Gasteiger partial charge in [-0.05, 0) is 31.6 Å². The third-order valence-corrected chi connectivity index (χ3v) is 19.2. The molecule has 0 aromatic carbocycles. The molecule has 0 radical (unpaired) electrons. The fourth-order valence-corrected chi connectivity index (χ4v) is 12.9. The molecule has 0 aromatic heterocycles. The van der Waals surface area contributed by atoms with Gasteiger partial charge >= 0.3 is 39.5 Å². The van der Waals surface area contributed by atoms with Crippen molar-refractivity contribution in [3.05, 3.63) is 0 Å². The fourth-order valence-electron chi connectivity index (χ4n) is 11.4. The van der Waals surface area contributed by atoms with Crippen LogP contribution in [0.15, 0.2) is 0 Å². The predicted octanol–water partition coefficient (Wildman–Crippen LogP) is 21.7. The van der Waals surface area contributed by atoms with E-state index >= 15 is 0 Å². The van der Waals surface area contributed by atoms with Crippen LogP contribution < -0.4 is 0 Å². The van der Waals surface area contributed by atoms with E-state index in [0.717, 1.165) is 95.8 Å². The quantitative estimate of drug-likeness (QED) is 0.0222. The Balaban J connectivity index is 5.19. The smallest absolute Gasteiger partial charge is 0.462 e. The molecule has 2 unspecified atom stereocenters. The third kappa shape index (κ3) is 68.4. The number of phosphoric ester groups is 2. The number of phosphoric acid groups is 2. The summed E-state index contributed by atoms with van der Waals surface area (Å²) in [6.45, 7) is 7.25. The molecule has 19 heteroatoms. The van der Waals surface area contributed by atoms with Crippen LogP contribution in [0.2, 0.25) is 0 Å². The van der Waals surface area contributed by atoms with Crippen molar-refractivity contribution in [3.63, 3.8) is 0 Å². The molecule has 5 atom stereocenters. The second-order valence-electron chi connectivity index (χ2n) is 27.2. The number of rotatable bonds is 74. The van der Waals surface area contributed by atoms with Crippen LogP contribution in [0.25, 0.3) is 0 Å². The van der Waals surface area contributed by atoms with Gasteiger partial charge in [-0.1, -0.05) is 336 Å². The van der Waals surface area contributed by atoms with E-state index in [9.17, 15) is 43.2 Å². The lowest BCUT2D eigenvalue weighted by Crippen LogP contribution is -2.30. The number of esters is 4. The Morgan fingerprint density at radius 2 is 0.495 bits per heavy atom. The second kappa shape index (κ2) is 67.3. The third-order valence-electron chi connectivity index (χ3n) is 17.3. The fraction of sp³-hybridized carbons (Fsp3) is 0.946. The highest BCUT2D eigenvalue weighted by Gasteiger charge is 2.30. The van der Waals surface area contributed by atoms with Gasteiger partial charge in [0, 0.05) is 25.7 Å². The molecule has 0 saturated heterocycles. The van der Waals surface area contributed by atoms with E-state index in [4.69, 9.17) is 37.0 Å². The number of hydrogen-bond acceptors (Lipinski definition) is 15. The zero-order valence-electron chi connectivity index (χ0n) is 60.4. The highest BCUT2D eigenvalue weighted by Crippen LogP contribution is 2.45. The molecule has 0 aliphatic heterocycles. The van der Waals surface area contributed by atoms with E-state index in [1.807, 2.05) is 0 Å². The Morgan fingerprint density at radius 1 is 0.290 bits per heavy atom. The van der Waals surface area contributed by atoms with Crippen LogP contribution in [0.5, 0.6) is 0 Å². The first-order chi connectivity index (χ1) is 45.0. The van der Waals surface area contributed by atoms with Crippen molar-refractivity contribution in [2.45, 2.75) is 406 Å². The summed E-state index contributed by atoms with van der Waals surface area (Å²) >= 11 is 0. The molecular formula is C74H144O17P2. The minimum absolute atomic E-state index is 0.107. The average Bonchev–Trinajstić information content (AvgIpc) is 3.24. The van der Waals surface area contributed by atoms with Gasteiger partial charge in [-0.15, -0.1) is 0 Å². The van der Waals surface area contributed by atoms with Crippen molar-refractivity contribution in [1.82, 2.24) is 0 Å². The van der Waals surface area contributed by atoms with E-state index in [2.05, 4.69) is 34.6 Å². The summed E-state index contributed by atoms with van der Waals surface area (Å²) < 4.78 is 68.4. The SMILES string of the molecule is CCCCCCCCCCCCCCCCCCCCCCC(=O)O[C@H](COC(=O)CCCCCCCCCCCCCC(C)C)COP(=O)(O)OC[C@@H](O)COP(=O)(O)OC[C@@H](COC(=O)CCCCCCCCCCC)OC(=O)CCCCCCCCCCCC. The molecule has 0 aliphatic carbocycles.